The second-order valence-electron chi connectivity index (χ2n) is 2.81. The summed E-state index contributed by atoms with van der Waals surface area (Å²) < 4.78 is 18.4. The third kappa shape index (κ3) is 2.27. The molecule has 0 aliphatic carbocycles. The van der Waals surface area contributed by atoms with Crippen LogP contribution in [-0.2, 0) is 12.4 Å². The number of hydrogen-bond acceptors (Lipinski definition) is 5. The molecule has 1 amide bonds. The first-order chi connectivity index (χ1) is 7.67. The lowest BCUT2D eigenvalue weighted by atomic mass is 10.1. The average Bonchev–Trinajstić information content (AvgIpc) is 2.35. The van der Waals surface area contributed by atoms with Crippen molar-refractivity contribution in [2.45, 2.75) is 0 Å². The molecule has 0 saturated carbocycles. The van der Waals surface area contributed by atoms with Gasteiger partial charge in [-0.05, 0) is 12.1 Å². The zero-order chi connectivity index (χ0) is 12.1. The minimum absolute atomic E-state index is 0.296. The third-order valence-electron chi connectivity index (χ3n) is 1.99. The average molecular weight is 241 g/mol. The monoisotopic (exact) mass is 241 g/mol. The highest BCUT2D eigenvalue weighted by Crippen LogP contribution is 2.38. The number of rotatable bonds is 4. The highest BCUT2D eigenvalue weighted by Gasteiger charge is 2.16. The van der Waals surface area contributed by atoms with Crippen molar-refractivity contribution < 1.29 is 19.0 Å². The van der Waals surface area contributed by atoms with Crippen molar-refractivity contribution in [1.82, 2.24) is 0 Å². The Labute approximate surface area is 98.5 Å². The van der Waals surface area contributed by atoms with Gasteiger partial charge in [-0.3, -0.25) is 4.79 Å². The summed E-state index contributed by atoms with van der Waals surface area (Å²) in [6.45, 7) is 0. The molecule has 0 aliphatic rings. The minimum atomic E-state index is -0.519. The van der Waals surface area contributed by atoms with Gasteiger partial charge in [0, 0.05) is 12.4 Å². The molecule has 6 heteroatoms. The largest absolute Gasteiger partial charge is 0.493 e. The normalized spacial score (nSPS) is 9.44. The Hall–Kier alpha value is -1.69. The van der Waals surface area contributed by atoms with E-state index in [0.29, 0.717) is 22.8 Å². The maximum absolute atomic E-state index is 11.3. The Morgan fingerprint density at radius 2 is 1.62 bits per heavy atom. The molecule has 0 atom stereocenters. The molecule has 0 aromatic heterocycles. The molecule has 0 saturated heterocycles. The minimum Gasteiger partial charge on any atom is -0.493 e. The highest BCUT2D eigenvalue weighted by atomic mass is 32.1. The summed E-state index contributed by atoms with van der Waals surface area (Å²) in [6, 6.07) is 3.00. The van der Waals surface area contributed by atoms with E-state index in [1.807, 2.05) is 0 Å². The van der Waals surface area contributed by atoms with Gasteiger partial charge in [0.15, 0.2) is 11.5 Å². The lowest BCUT2D eigenvalue weighted by molar-refractivity contribution is 0.100. The second kappa shape index (κ2) is 5.41. The van der Waals surface area contributed by atoms with Crippen LogP contribution in [0.3, 0.4) is 0 Å². The van der Waals surface area contributed by atoms with Gasteiger partial charge in [0.05, 0.1) is 26.9 Å². The Bertz CT molecular complexity index is 394. The Morgan fingerprint density at radius 1 is 1.12 bits per heavy atom. The molecule has 0 unspecified atom stereocenters. The molecule has 0 radical (unpaired) electrons. The number of ether oxygens (including phenoxy) is 3. The first kappa shape index (κ1) is 12.4. The zero-order valence-corrected chi connectivity index (χ0v) is 9.96. The van der Waals surface area contributed by atoms with E-state index in [-0.39, 0.29) is 0 Å². The summed E-state index contributed by atoms with van der Waals surface area (Å²) in [7, 11) is 4.42. The maximum Gasteiger partial charge on any atom is 0.288 e. The van der Waals surface area contributed by atoms with Crippen LogP contribution in [0.15, 0.2) is 16.5 Å². The molecule has 1 rings (SSSR count). The molecule has 0 spiro atoms. The number of benzene rings is 1. The van der Waals surface area contributed by atoms with Crippen molar-refractivity contribution >= 4 is 18.3 Å². The van der Waals surface area contributed by atoms with Crippen molar-refractivity contribution in [2.75, 3.05) is 21.3 Å². The van der Waals surface area contributed by atoms with Gasteiger partial charge in [-0.2, -0.15) is 0 Å². The molecule has 0 aliphatic heterocycles. The number of nitrogens with zero attached hydrogens (tertiary/aromatic N) is 1. The smallest absolute Gasteiger partial charge is 0.288 e. The molecule has 0 fully saturated rings. The number of carbonyl (C=O) groups excluding carboxylic acids is 1. The number of hydrogen-bond donors (Lipinski definition) is 0. The molecule has 0 N–H and O–H groups in total. The Morgan fingerprint density at radius 3 is 1.94 bits per heavy atom. The van der Waals surface area contributed by atoms with Crippen LogP contribution >= 0.6 is 0 Å². The van der Waals surface area contributed by atoms with Crippen LogP contribution in [0, 0.1) is 0 Å². The van der Waals surface area contributed by atoms with Gasteiger partial charge in [-0.25, -0.2) is 0 Å². The summed E-state index contributed by atoms with van der Waals surface area (Å²) in [4.78, 5) is 11.3. The highest BCUT2D eigenvalue weighted by molar-refractivity contribution is 7.47. The van der Waals surface area contributed by atoms with Crippen LogP contribution < -0.4 is 14.2 Å². The maximum atomic E-state index is 11.3. The lowest BCUT2D eigenvalue weighted by Crippen LogP contribution is -2.00. The fraction of sp³-hybridized carbons (Fsp3) is 0.300. The fourth-order valence-corrected chi connectivity index (χ4v) is 1.36. The molecule has 16 heavy (non-hydrogen) atoms. The van der Waals surface area contributed by atoms with Crippen LogP contribution in [0.25, 0.3) is 0 Å². The molecule has 1 aromatic carbocycles. The van der Waals surface area contributed by atoms with E-state index in [1.54, 1.807) is 0 Å². The predicted octanol–water partition coefficient (Wildman–Crippen LogP) is 1.58. The van der Waals surface area contributed by atoms with Gasteiger partial charge in [-0.15, -0.1) is 4.36 Å². The van der Waals surface area contributed by atoms with Crippen molar-refractivity contribution in [3.63, 3.8) is 0 Å². The predicted molar refractivity (Wildman–Crippen MR) is 60.2 cm³/mol. The summed E-state index contributed by atoms with van der Waals surface area (Å²) in [6.07, 6.45) is 0. The molecular formula is C10H11NO4S. The topological polar surface area (TPSA) is 57.1 Å². The molecule has 1 aromatic rings. The summed E-state index contributed by atoms with van der Waals surface area (Å²) in [5.41, 5.74) is 0.296. The van der Waals surface area contributed by atoms with Crippen molar-refractivity contribution in [3.05, 3.63) is 17.7 Å². The van der Waals surface area contributed by atoms with Crippen LogP contribution in [-0.4, -0.2) is 27.2 Å². The summed E-state index contributed by atoms with van der Waals surface area (Å²) in [5.74, 6) is 0.688. The second-order valence-corrected chi connectivity index (χ2v) is 2.99. The first-order valence-corrected chi connectivity index (χ1v) is 4.72. The van der Waals surface area contributed by atoms with Gasteiger partial charge in [0.25, 0.3) is 5.91 Å². The summed E-state index contributed by atoms with van der Waals surface area (Å²) >= 11 is 4.34. The van der Waals surface area contributed by atoms with Gasteiger partial charge in [0.2, 0.25) is 5.75 Å². The fourth-order valence-electron chi connectivity index (χ4n) is 1.26. The molecule has 5 nitrogen and oxygen atoms in total. The summed E-state index contributed by atoms with van der Waals surface area (Å²) in [5, 5.41) is 0. The van der Waals surface area contributed by atoms with E-state index in [2.05, 4.69) is 16.8 Å². The molecule has 86 valence electrons. The number of methoxy groups -OCH3 is 3. The molecule has 0 bridgehead atoms. The lowest BCUT2D eigenvalue weighted by Gasteiger charge is -2.12. The quantitative estimate of drug-likeness (QED) is 0.801. The van der Waals surface area contributed by atoms with Crippen LogP contribution in [0.5, 0.6) is 17.2 Å². The zero-order valence-electron chi connectivity index (χ0n) is 9.14. The van der Waals surface area contributed by atoms with E-state index in [0.717, 1.165) is 0 Å². The van der Waals surface area contributed by atoms with E-state index in [4.69, 9.17) is 14.2 Å². The van der Waals surface area contributed by atoms with Crippen molar-refractivity contribution in [1.29, 1.82) is 0 Å². The van der Waals surface area contributed by atoms with E-state index < -0.39 is 5.91 Å². The van der Waals surface area contributed by atoms with E-state index in [9.17, 15) is 4.79 Å². The molecule has 0 heterocycles. The van der Waals surface area contributed by atoms with Crippen LogP contribution in [0.1, 0.15) is 10.4 Å². The SMILES string of the molecule is COc1cc(C(=O)N=S)cc(OC)c1OC. The van der Waals surface area contributed by atoms with Gasteiger partial charge in [-0.1, -0.05) is 0 Å². The standard InChI is InChI=1S/C10H11NO4S/c1-13-7-4-6(10(12)11-16)5-8(14-2)9(7)15-3/h4-5H,1-3H3. The number of carbonyl (C=O) groups is 1. The number of amides is 1. The molecular weight excluding hydrogens is 230 g/mol. The Kier molecular flexibility index (Phi) is 4.19. The van der Waals surface area contributed by atoms with Crippen molar-refractivity contribution in [3.8, 4) is 17.2 Å². The van der Waals surface area contributed by atoms with Crippen LogP contribution in [0.4, 0.5) is 0 Å². The van der Waals surface area contributed by atoms with Gasteiger partial charge >= 0.3 is 0 Å². The van der Waals surface area contributed by atoms with Gasteiger partial charge < -0.3 is 14.2 Å². The van der Waals surface area contributed by atoms with Crippen LogP contribution in [0.2, 0.25) is 0 Å². The third-order valence-corrected chi connectivity index (χ3v) is 2.16. The van der Waals surface area contributed by atoms with E-state index >= 15 is 0 Å². The van der Waals surface area contributed by atoms with E-state index in [1.165, 1.54) is 33.5 Å². The Balaban J connectivity index is 3.36. The van der Waals surface area contributed by atoms with Gasteiger partial charge in [0.1, 0.15) is 0 Å². The van der Waals surface area contributed by atoms with Crippen molar-refractivity contribution in [2.24, 2.45) is 4.36 Å². The first-order valence-electron chi connectivity index (χ1n) is 4.35.